The third-order valence-electron chi connectivity index (χ3n) is 3.23. The summed E-state index contributed by atoms with van der Waals surface area (Å²) in [7, 11) is 1.76. The summed E-state index contributed by atoms with van der Waals surface area (Å²) in [5.41, 5.74) is 7.35. The number of aliphatic hydroxyl groups is 1. The first-order valence-electron chi connectivity index (χ1n) is 6.36. The molecule has 0 aromatic carbocycles. The largest absolute Gasteiger partial charge is 0.461 e. The third-order valence-corrected chi connectivity index (χ3v) is 3.23. The van der Waals surface area contributed by atoms with Crippen molar-refractivity contribution in [1.29, 1.82) is 0 Å². The van der Waals surface area contributed by atoms with Crippen LogP contribution in [0.4, 0.5) is 0 Å². The van der Waals surface area contributed by atoms with Gasteiger partial charge in [0.25, 0.3) is 0 Å². The minimum Gasteiger partial charge on any atom is -0.461 e. The molecule has 5 nitrogen and oxygen atoms in total. The van der Waals surface area contributed by atoms with Gasteiger partial charge < -0.3 is 15.6 Å². The van der Waals surface area contributed by atoms with E-state index in [1.54, 1.807) is 14.0 Å². The van der Waals surface area contributed by atoms with Crippen molar-refractivity contribution in [2.24, 2.45) is 11.7 Å². The molecule has 4 N–H and O–H groups in total. The molecule has 0 spiro atoms. The smallest absolute Gasteiger partial charge is 0.354 e. The predicted molar refractivity (Wildman–Crippen MR) is 68.8 cm³/mol. The number of carbonyl (C=O) groups excluding carboxylic acids is 1. The van der Waals surface area contributed by atoms with Crippen LogP contribution in [0.15, 0.2) is 11.3 Å². The van der Waals surface area contributed by atoms with Gasteiger partial charge in [0.2, 0.25) is 0 Å². The molecule has 0 aromatic heterocycles. The van der Waals surface area contributed by atoms with Crippen LogP contribution >= 0.6 is 0 Å². The van der Waals surface area contributed by atoms with Gasteiger partial charge in [-0.25, -0.2) is 9.79 Å². The van der Waals surface area contributed by atoms with E-state index in [2.05, 4.69) is 4.99 Å². The first-order valence-corrected chi connectivity index (χ1v) is 6.36. The average Bonchev–Trinajstić information content (AvgIpc) is 3.18. The summed E-state index contributed by atoms with van der Waals surface area (Å²) in [6.45, 7) is 3.86. The van der Waals surface area contributed by atoms with Crippen LogP contribution in [0, 0.1) is 5.92 Å². The SMILES string of the molecule is CCOC(=O)/C(N)=C(\CC(O)C1CC1)C(C)=[NH+]C. The standard InChI is InChI=1S/C13H22N2O3/c1-4-18-13(17)12(14)10(8(2)15-3)7-11(16)9-5-6-9/h9,11,16H,4-7,14H2,1-3H3/p+1/b12-10-,15-8?. The van der Waals surface area contributed by atoms with Crippen molar-refractivity contribution in [2.75, 3.05) is 13.7 Å². The Morgan fingerprint density at radius 3 is 2.61 bits per heavy atom. The van der Waals surface area contributed by atoms with Crippen molar-refractivity contribution in [3.05, 3.63) is 11.3 Å². The Morgan fingerprint density at radius 2 is 2.17 bits per heavy atom. The van der Waals surface area contributed by atoms with E-state index in [0.717, 1.165) is 18.6 Å². The lowest BCUT2D eigenvalue weighted by Crippen LogP contribution is -2.67. The van der Waals surface area contributed by atoms with Crippen molar-refractivity contribution in [3.63, 3.8) is 0 Å². The average molecular weight is 255 g/mol. The van der Waals surface area contributed by atoms with Gasteiger partial charge >= 0.3 is 5.97 Å². The van der Waals surface area contributed by atoms with Crippen LogP contribution in [0.3, 0.4) is 0 Å². The Bertz CT molecular complexity index is 370. The zero-order chi connectivity index (χ0) is 13.7. The molecule has 1 aliphatic rings. The lowest BCUT2D eigenvalue weighted by Gasteiger charge is -2.12. The summed E-state index contributed by atoms with van der Waals surface area (Å²) in [5.74, 6) is -0.176. The maximum atomic E-state index is 11.6. The fraction of sp³-hybridized carbons (Fsp3) is 0.692. The lowest BCUT2D eigenvalue weighted by molar-refractivity contribution is -0.419. The topological polar surface area (TPSA) is 86.5 Å². The Labute approximate surface area is 108 Å². The Kier molecular flexibility index (Phi) is 5.34. The van der Waals surface area contributed by atoms with Crippen molar-refractivity contribution >= 4 is 11.7 Å². The number of carbonyl (C=O) groups is 1. The third kappa shape index (κ3) is 3.84. The van der Waals surface area contributed by atoms with Gasteiger partial charge in [-0.2, -0.15) is 0 Å². The van der Waals surface area contributed by atoms with Gasteiger partial charge in [-0.15, -0.1) is 0 Å². The van der Waals surface area contributed by atoms with E-state index >= 15 is 0 Å². The molecule has 102 valence electrons. The quantitative estimate of drug-likeness (QED) is 0.326. The predicted octanol–water partition coefficient (Wildman–Crippen LogP) is -0.905. The highest BCUT2D eigenvalue weighted by Gasteiger charge is 2.32. The number of hydrogen-bond acceptors (Lipinski definition) is 4. The molecular weight excluding hydrogens is 232 g/mol. The van der Waals surface area contributed by atoms with Gasteiger partial charge in [0.1, 0.15) is 12.7 Å². The maximum absolute atomic E-state index is 11.6. The molecule has 0 radical (unpaired) electrons. The summed E-state index contributed by atoms with van der Waals surface area (Å²) in [4.78, 5) is 14.6. The summed E-state index contributed by atoms with van der Waals surface area (Å²) < 4.78 is 4.89. The fourth-order valence-electron chi connectivity index (χ4n) is 1.80. The number of rotatable bonds is 6. The number of hydrogen-bond donors (Lipinski definition) is 3. The van der Waals surface area contributed by atoms with E-state index in [-0.39, 0.29) is 12.3 Å². The van der Waals surface area contributed by atoms with Gasteiger partial charge in [0, 0.05) is 13.3 Å². The first-order chi connectivity index (χ1) is 8.51. The van der Waals surface area contributed by atoms with E-state index in [1.165, 1.54) is 0 Å². The highest BCUT2D eigenvalue weighted by Crippen LogP contribution is 2.35. The zero-order valence-electron chi connectivity index (χ0n) is 11.3. The second-order valence-corrected chi connectivity index (χ2v) is 4.60. The van der Waals surface area contributed by atoms with E-state index in [1.807, 2.05) is 6.92 Å². The van der Waals surface area contributed by atoms with Crippen LogP contribution in [-0.4, -0.2) is 36.5 Å². The van der Waals surface area contributed by atoms with Crippen LogP contribution in [0.1, 0.15) is 33.1 Å². The van der Waals surface area contributed by atoms with Crippen LogP contribution in [0.25, 0.3) is 0 Å². The van der Waals surface area contributed by atoms with Gasteiger partial charge in [0.05, 0.1) is 18.3 Å². The van der Waals surface area contributed by atoms with Gasteiger partial charge in [0.15, 0.2) is 5.71 Å². The second kappa shape index (κ2) is 6.54. The molecule has 1 saturated carbocycles. The summed E-state index contributed by atoms with van der Waals surface area (Å²) in [5, 5.41) is 9.98. The molecule has 0 aromatic rings. The number of ether oxygens (including phenoxy) is 1. The molecule has 1 rings (SSSR count). The van der Waals surface area contributed by atoms with Crippen LogP contribution in [-0.2, 0) is 9.53 Å². The van der Waals surface area contributed by atoms with E-state index in [9.17, 15) is 9.90 Å². The molecular formula is C13H23N2O3+. The molecule has 1 fully saturated rings. The monoisotopic (exact) mass is 255 g/mol. The number of aliphatic hydroxyl groups excluding tert-OH is 1. The molecule has 0 saturated heterocycles. The van der Waals surface area contributed by atoms with Gasteiger partial charge in [-0.1, -0.05) is 0 Å². The second-order valence-electron chi connectivity index (χ2n) is 4.60. The summed E-state index contributed by atoms with van der Waals surface area (Å²) in [6, 6.07) is 0. The minimum absolute atomic E-state index is 0.0865. The molecule has 0 amide bonds. The Hall–Kier alpha value is -1.36. The molecule has 1 unspecified atom stereocenters. The summed E-state index contributed by atoms with van der Waals surface area (Å²) >= 11 is 0. The minimum atomic E-state index is -0.523. The maximum Gasteiger partial charge on any atom is 0.354 e. The summed E-state index contributed by atoms with van der Waals surface area (Å²) in [6.07, 6.45) is 2.05. The highest BCUT2D eigenvalue weighted by molar-refractivity contribution is 6.02. The van der Waals surface area contributed by atoms with Crippen molar-refractivity contribution in [2.45, 2.75) is 39.2 Å². The Morgan fingerprint density at radius 1 is 1.56 bits per heavy atom. The molecule has 0 heterocycles. The molecule has 0 bridgehead atoms. The molecule has 1 aliphatic carbocycles. The molecule has 18 heavy (non-hydrogen) atoms. The zero-order valence-corrected chi connectivity index (χ0v) is 11.3. The van der Waals surface area contributed by atoms with Crippen molar-refractivity contribution in [3.8, 4) is 0 Å². The number of esters is 1. The fourth-order valence-corrected chi connectivity index (χ4v) is 1.80. The lowest BCUT2D eigenvalue weighted by atomic mass is 9.99. The Balaban J connectivity index is 2.88. The molecule has 1 atom stereocenters. The number of nitrogens with two attached hydrogens (primary N) is 1. The number of nitrogens with one attached hydrogen (secondary N) is 1. The van der Waals surface area contributed by atoms with Crippen LogP contribution in [0.2, 0.25) is 0 Å². The highest BCUT2D eigenvalue weighted by atomic mass is 16.5. The van der Waals surface area contributed by atoms with Gasteiger partial charge in [-0.3, -0.25) is 0 Å². The van der Waals surface area contributed by atoms with Crippen LogP contribution in [0.5, 0.6) is 0 Å². The van der Waals surface area contributed by atoms with Crippen molar-refractivity contribution in [1.82, 2.24) is 0 Å². The van der Waals surface area contributed by atoms with E-state index in [0.29, 0.717) is 17.9 Å². The van der Waals surface area contributed by atoms with E-state index < -0.39 is 12.1 Å². The normalized spacial score (nSPS) is 19.2. The first kappa shape index (κ1) is 14.7. The van der Waals surface area contributed by atoms with Crippen LogP contribution < -0.4 is 10.7 Å². The molecule has 0 aliphatic heterocycles. The van der Waals surface area contributed by atoms with Gasteiger partial charge in [-0.05, 0) is 25.7 Å². The van der Waals surface area contributed by atoms with E-state index in [4.69, 9.17) is 10.5 Å². The molecule has 5 heteroatoms. The van der Waals surface area contributed by atoms with Crippen molar-refractivity contribution < 1.29 is 19.6 Å².